The third kappa shape index (κ3) is 3.05. The fourth-order valence-corrected chi connectivity index (χ4v) is 1.73. The largest absolute Gasteiger partial charge is 0.423 e. The summed E-state index contributed by atoms with van der Waals surface area (Å²) in [6.07, 6.45) is 3.38. The monoisotopic (exact) mass is 222 g/mol. The number of allylic oxidation sites excluding steroid dienone is 2. The third-order valence-corrected chi connectivity index (χ3v) is 2.41. The molecule has 0 fully saturated rings. The molecular formula is C13H18O3. The van der Waals surface area contributed by atoms with Crippen LogP contribution in [0.25, 0.3) is 0 Å². The van der Waals surface area contributed by atoms with Gasteiger partial charge in [0.05, 0.1) is 0 Å². The van der Waals surface area contributed by atoms with E-state index in [0.29, 0.717) is 24.8 Å². The number of esters is 1. The van der Waals surface area contributed by atoms with Crippen molar-refractivity contribution in [3.8, 4) is 0 Å². The van der Waals surface area contributed by atoms with Gasteiger partial charge in [0.25, 0.3) is 0 Å². The first-order valence-electron chi connectivity index (χ1n) is 5.52. The highest BCUT2D eigenvalue weighted by Gasteiger charge is 2.31. The number of carbonyl (C=O) groups is 2. The standard InChI is InChI=1S/C13H18O3/c1-5-6-11(14)16-10-8-13(3,4)7-9(2)12(10)15/h8H,2,5-7H2,1,3-4H3. The molecule has 0 saturated heterocycles. The van der Waals surface area contributed by atoms with E-state index in [4.69, 9.17) is 4.74 Å². The van der Waals surface area contributed by atoms with Crippen molar-refractivity contribution < 1.29 is 14.3 Å². The summed E-state index contributed by atoms with van der Waals surface area (Å²) in [5, 5.41) is 0. The molecule has 0 aromatic rings. The van der Waals surface area contributed by atoms with Gasteiger partial charge in [-0.2, -0.15) is 0 Å². The minimum absolute atomic E-state index is 0.139. The van der Waals surface area contributed by atoms with E-state index in [1.165, 1.54) is 0 Å². The van der Waals surface area contributed by atoms with Gasteiger partial charge in [0, 0.05) is 6.42 Å². The van der Waals surface area contributed by atoms with Crippen molar-refractivity contribution in [2.24, 2.45) is 5.41 Å². The van der Waals surface area contributed by atoms with Crippen LogP contribution < -0.4 is 0 Å². The number of carbonyl (C=O) groups excluding carboxylic acids is 2. The van der Waals surface area contributed by atoms with E-state index in [-0.39, 0.29) is 22.9 Å². The van der Waals surface area contributed by atoms with E-state index in [2.05, 4.69) is 6.58 Å². The van der Waals surface area contributed by atoms with Crippen LogP contribution in [0, 0.1) is 5.41 Å². The normalized spacial score (nSPS) is 19.3. The lowest BCUT2D eigenvalue weighted by molar-refractivity contribution is -0.142. The van der Waals surface area contributed by atoms with Crippen LogP contribution in [0.4, 0.5) is 0 Å². The van der Waals surface area contributed by atoms with Gasteiger partial charge in [0.15, 0.2) is 5.76 Å². The van der Waals surface area contributed by atoms with Crippen LogP contribution in [0.1, 0.15) is 40.0 Å². The Hall–Kier alpha value is -1.38. The number of Topliss-reactive ketones (excluding diaryl/α,β-unsaturated/α-hetero) is 1. The molecule has 88 valence electrons. The topological polar surface area (TPSA) is 43.4 Å². The predicted octanol–water partition coefficient (Wildman–Crippen LogP) is 2.77. The Labute approximate surface area is 96.2 Å². The van der Waals surface area contributed by atoms with Crippen molar-refractivity contribution in [1.29, 1.82) is 0 Å². The number of ketones is 1. The van der Waals surface area contributed by atoms with Gasteiger partial charge in [-0.15, -0.1) is 0 Å². The van der Waals surface area contributed by atoms with Gasteiger partial charge >= 0.3 is 5.97 Å². The Morgan fingerprint density at radius 2 is 2.19 bits per heavy atom. The molecular weight excluding hydrogens is 204 g/mol. The van der Waals surface area contributed by atoms with Gasteiger partial charge in [-0.25, -0.2) is 0 Å². The molecule has 1 rings (SSSR count). The molecule has 3 nitrogen and oxygen atoms in total. The third-order valence-electron chi connectivity index (χ3n) is 2.41. The van der Waals surface area contributed by atoms with Crippen molar-refractivity contribution in [2.45, 2.75) is 40.0 Å². The molecule has 3 heteroatoms. The van der Waals surface area contributed by atoms with Crippen LogP contribution in [0.5, 0.6) is 0 Å². The maximum atomic E-state index is 11.7. The molecule has 1 aliphatic carbocycles. The molecule has 0 atom stereocenters. The lowest BCUT2D eigenvalue weighted by Gasteiger charge is -2.27. The summed E-state index contributed by atoms with van der Waals surface area (Å²) in [6, 6.07) is 0. The van der Waals surface area contributed by atoms with Crippen molar-refractivity contribution >= 4 is 11.8 Å². The van der Waals surface area contributed by atoms with Gasteiger partial charge in [-0.05, 0) is 29.9 Å². The predicted molar refractivity (Wildman–Crippen MR) is 61.6 cm³/mol. The Bertz CT molecular complexity index is 361. The highest BCUT2D eigenvalue weighted by atomic mass is 16.5. The SMILES string of the molecule is C=C1CC(C)(C)C=C(OC(=O)CCC)C1=O. The van der Waals surface area contributed by atoms with Crippen molar-refractivity contribution in [1.82, 2.24) is 0 Å². The minimum atomic E-state index is -0.354. The zero-order valence-corrected chi connectivity index (χ0v) is 10.1. The zero-order chi connectivity index (χ0) is 12.3. The Balaban J connectivity index is 2.84. The quantitative estimate of drug-likeness (QED) is 0.544. The molecule has 0 spiro atoms. The first kappa shape index (κ1) is 12.7. The van der Waals surface area contributed by atoms with E-state index >= 15 is 0 Å². The zero-order valence-electron chi connectivity index (χ0n) is 10.1. The molecule has 1 aliphatic rings. The molecule has 16 heavy (non-hydrogen) atoms. The minimum Gasteiger partial charge on any atom is -0.423 e. The molecule has 0 amide bonds. The first-order valence-corrected chi connectivity index (χ1v) is 5.52. The van der Waals surface area contributed by atoms with Crippen LogP contribution >= 0.6 is 0 Å². The highest BCUT2D eigenvalue weighted by Crippen LogP contribution is 2.34. The number of hydrogen-bond acceptors (Lipinski definition) is 3. The van der Waals surface area contributed by atoms with Crippen LogP contribution in [0.2, 0.25) is 0 Å². The highest BCUT2D eigenvalue weighted by molar-refractivity contribution is 6.08. The maximum absolute atomic E-state index is 11.7. The molecule has 0 aromatic heterocycles. The van der Waals surface area contributed by atoms with Crippen molar-refractivity contribution in [2.75, 3.05) is 0 Å². The summed E-state index contributed by atoms with van der Waals surface area (Å²) in [4.78, 5) is 23.0. The average Bonchev–Trinajstić information content (AvgIpc) is 2.12. The van der Waals surface area contributed by atoms with Crippen molar-refractivity contribution in [3.63, 3.8) is 0 Å². The van der Waals surface area contributed by atoms with E-state index in [0.717, 1.165) is 0 Å². The van der Waals surface area contributed by atoms with Crippen LogP contribution in [0.3, 0.4) is 0 Å². The van der Waals surface area contributed by atoms with Crippen LogP contribution in [-0.4, -0.2) is 11.8 Å². The summed E-state index contributed by atoms with van der Waals surface area (Å²) in [5.41, 5.74) is 0.333. The Kier molecular flexibility index (Phi) is 3.68. The van der Waals surface area contributed by atoms with E-state index in [9.17, 15) is 9.59 Å². The fourth-order valence-electron chi connectivity index (χ4n) is 1.73. The van der Waals surface area contributed by atoms with Gasteiger partial charge in [-0.1, -0.05) is 27.4 Å². The van der Waals surface area contributed by atoms with E-state index < -0.39 is 0 Å². The maximum Gasteiger partial charge on any atom is 0.311 e. The summed E-state index contributed by atoms with van der Waals surface area (Å²) in [6.45, 7) is 9.57. The summed E-state index contributed by atoms with van der Waals surface area (Å²) >= 11 is 0. The number of ether oxygens (including phenoxy) is 1. The average molecular weight is 222 g/mol. The molecule has 0 aromatic carbocycles. The van der Waals surface area contributed by atoms with Crippen LogP contribution in [-0.2, 0) is 14.3 Å². The summed E-state index contributed by atoms with van der Waals surface area (Å²) in [5.74, 6) is -0.462. The second kappa shape index (κ2) is 4.64. The molecule has 0 saturated carbocycles. The van der Waals surface area contributed by atoms with Gasteiger partial charge < -0.3 is 4.74 Å². The van der Waals surface area contributed by atoms with E-state index in [1.807, 2.05) is 20.8 Å². The molecule has 0 N–H and O–H groups in total. The summed E-state index contributed by atoms with van der Waals surface area (Å²) in [7, 11) is 0. The van der Waals surface area contributed by atoms with Gasteiger partial charge in [0.1, 0.15) is 0 Å². The first-order chi connectivity index (χ1) is 7.35. The molecule has 0 unspecified atom stereocenters. The second-order valence-corrected chi connectivity index (χ2v) is 4.83. The number of hydrogen-bond donors (Lipinski definition) is 0. The van der Waals surface area contributed by atoms with Gasteiger partial charge in [0.2, 0.25) is 5.78 Å². The number of rotatable bonds is 3. The molecule has 0 radical (unpaired) electrons. The second-order valence-electron chi connectivity index (χ2n) is 4.83. The Morgan fingerprint density at radius 3 is 2.75 bits per heavy atom. The molecule has 0 aliphatic heterocycles. The lowest BCUT2D eigenvalue weighted by Crippen LogP contribution is -2.24. The molecule has 0 bridgehead atoms. The van der Waals surface area contributed by atoms with Crippen molar-refractivity contribution in [3.05, 3.63) is 24.0 Å². The van der Waals surface area contributed by atoms with E-state index in [1.54, 1.807) is 6.08 Å². The smallest absolute Gasteiger partial charge is 0.311 e. The molecule has 0 heterocycles. The Morgan fingerprint density at radius 1 is 1.56 bits per heavy atom. The lowest BCUT2D eigenvalue weighted by atomic mass is 9.79. The van der Waals surface area contributed by atoms with Crippen LogP contribution in [0.15, 0.2) is 24.0 Å². The summed E-state index contributed by atoms with van der Waals surface area (Å²) < 4.78 is 5.06. The van der Waals surface area contributed by atoms with Gasteiger partial charge in [-0.3, -0.25) is 9.59 Å². The fraction of sp³-hybridized carbons (Fsp3) is 0.538.